The van der Waals surface area contributed by atoms with E-state index in [4.69, 9.17) is 9.84 Å². The van der Waals surface area contributed by atoms with Crippen molar-refractivity contribution in [2.24, 2.45) is 0 Å². The van der Waals surface area contributed by atoms with Gasteiger partial charge in [-0.2, -0.15) is 5.10 Å². The van der Waals surface area contributed by atoms with Crippen LogP contribution in [-0.4, -0.2) is 80.8 Å². The minimum absolute atomic E-state index is 0.154. The molecule has 5 rings (SSSR count). The molecule has 2 aromatic heterocycles. The summed E-state index contributed by atoms with van der Waals surface area (Å²) in [6, 6.07) is 14.1. The number of para-hydroxylation sites is 1. The molecule has 9 nitrogen and oxygen atoms in total. The van der Waals surface area contributed by atoms with Crippen molar-refractivity contribution in [1.29, 1.82) is 0 Å². The van der Waals surface area contributed by atoms with Gasteiger partial charge < -0.3 is 14.5 Å². The van der Waals surface area contributed by atoms with E-state index in [1.807, 2.05) is 59.8 Å². The van der Waals surface area contributed by atoms with Crippen molar-refractivity contribution in [2.45, 2.75) is 58.8 Å². The lowest BCUT2D eigenvalue weighted by molar-refractivity contribution is -0.134. The van der Waals surface area contributed by atoms with E-state index in [0.717, 1.165) is 42.3 Å². The number of amides is 1. The van der Waals surface area contributed by atoms with Crippen LogP contribution in [0.2, 0.25) is 0 Å². The first kappa shape index (κ1) is 25.9. The molecule has 1 fully saturated rings. The lowest BCUT2D eigenvalue weighted by atomic mass is 10.1. The van der Waals surface area contributed by atoms with E-state index >= 15 is 0 Å². The van der Waals surface area contributed by atoms with Gasteiger partial charge in [0.15, 0.2) is 0 Å². The zero-order valence-corrected chi connectivity index (χ0v) is 22.6. The van der Waals surface area contributed by atoms with Crippen molar-refractivity contribution in [3.63, 3.8) is 0 Å². The molecule has 0 spiro atoms. The number of nitrogens with zero attached hydrogens (tertiary/aromatic N) is 6. The molecule has 0 radical (unpaired) electrons. The number of carbonyl (C=O) groups excluding carboxylic acids is 2. The molecular weight excluding hydrogens is 480 g/mol. The molecule has 200 valence electrons. The second kappa shape index (κ2) is 10.9. The number of anilines is 1. The number of pyridine rings is 1. The molecule has 0 saturated carbocycles. The number of hydrogen-bond acceptors (Lipinski definition) is 7. The van der Waals surface area contributed by atoms with Gasteiger partial charge in [0, 0.05) is 62.6 Å². The van der Waals surface area contributed by atoms with Crippen molar-refractivity contribution < 1.29 is 14.3 Å². The first-order valence-electron chi connectivity index (χ1n) is 13.4. The molecule has 1 saturated heterocycles. The lowest BCUT2D eigenvalue weighted by Crippen LogP contribution is -2.59. The number of carbonyl (C=O) groups is 2. The van der Waals surface area contributed by atoms with E-state index in [-0.39, 0.29) is 30.1 Å². The third kappa shape index (κ3) is 5.57. The van der Waals surface area contributed by atoms with Gasteiger partial charge in [0.25, 0.3) is 0 Å². The van der Waals surface area contributed by atoms with Crippen molar-refractivity contribution in [3.8, 4) is 5.69 Å². The molecule has 38 heavy (non-hydrogen) atoms. The monoisotopic (exact) mass is 516 g/mol. The highest BCUT2D eigenvalue weighted by atomic mass is 16.5. The minimum atomic E-state index is -0.360. The molecule has 2 aliphatic rings. The third-order valence-electron chi connectivity index (χ3n) is 7.30. The Morgan fingerprint density at radius 1 is 1.05 bits per heavy atom. The normalized spacial score (nSPS) is 19.9. The number of esters is 1. The van der Waals surface area contributed by atoms with Crippen LogP contribution in [0.3, 0.4) is 0 Å². The van der Waals surface area contributed by atoms with Crippen LogP contribution in [0.15, 0.2) is 54.9 Å². The Hall–Kier alpha value is -3.72. The van der Waals surface area contributed by atoms with Gasteiger partial charge in [0.05, 0.1) is 29.6 Å². The standard InChI is InChI=1S/C29H36N6O3/c1-20(2)38-29(37)23-10-11-27(30-14-23)33-15-21(3)34(22(4)16-33)19-28(36)32-13-12-26-24(17-32)18-35(31-26)25-8-6-5-7-9-25/h5-11,14,18,20-22H,12-13,15-17,19H2,1-4H3/t21-,22+. The van der Waals surface area contributed by atoms with E-state index in [2.05, 4.69) is 34.8 Å². The summed E-state index contributed by atoms with van der Waals surface area (Å²) >= 11 is 0. The maximum atomic E-state index is 13.4. The summed E-state index contributed by atoms with van der Waals surface area (Å²) in [5, 5.41) is 4.75. The Morgan fingerprint density at radius 3 is 2.45 bits per heavy atom. The number of ether oxygens (including phenoxy) is 1. The van der Waals surface area contributed by atoms with Gasteiger partial charge in [-0.15, -0.1) is 0 Å². The van der Waals surface area contributed by atoms with E-state index in [9.17, 15) is 9.59 Å². The van der Waals surface area contributed by atoms with Crippen LogP contribution >= 0.6 is 0 Å². The molecule has 0 aliphatic carbocycles. The van der Waals surface area contributed by atoms with Crippen LogP contribution in [0.1, 0.15) is 49.3 Å². The van der Waals surface area contributed by atoms with Crippen LogP contribution in [0.5, 0.6) is 0 Å². The average molecular weight is 517 g/mol. The first-order valence-corrected chi connectivity index (χ1v) is 13.4. The Balaban J connectivity index is 1.18. The molecule has 0 bridgehead atoms. The minimum Gasteiger partial charge on any atom is -0.459 e. The summed E-state index contributed by atoms with van der Waals surface area (Å²) in [7, 11) is 0. The molecule has 3 aromatic rings. The molecular formula is C29H36N6O3. The smallest absolute Gasteiger partial charge is 0.339 e. The highest BCUT2D eigenvalue weighted by Crippen LogP contribution is 2.24. The highest BCUT2D eigenvalue weighted by Gasteiger charge is 2.33. The van der Waals surface area contributed by atoms with E-state index < -0.39 is 0 Å². The van der Waals surface area contributed by atoms with Gasteiger partial charge in [0.1, 0.15) is 5.82 Å². The number of aromatic nitrogens is 3. The quantitative estimate of drug-likeness (QED) is 0.465. The number of benzene rings is 1. The highest BCUT2D eigenvalue weighted by molar-refractivity contribution is 5.89. The summed E-state index contributed by atoms with van der Waals surface area (Å²) in [5.74, 6) is 0.623. The van der Waals surface area contributed by atoms with Gasteiger partial charge in [-0.3, -0.25) is 9.69 Å². The van der Waals surface area contributed by atoms with Crippen LogP contribution in [0.4, 0.5) is 5.82 Å². The lowest BCUT2D eigenvalue weighted by Gasteiger charge is -2.45. The maximum Gasteiger partial charge on any atom is 0.339 e. The van der Waals surface area contributed by atoms with Gasteiger partial charge in [-0.25, -0.2) is 14.5 Å². The molecule has 1 amide bonds. The largest absolute Gasteiger partial charge is 0.459 e. The summed E-state index contributed by atoms with van der Waals surface area (Å²) in [6.45, 7) is 11.2. The van der Waals surface area contributed by atoms with E-state index in [1.165, 1.54) is 0 Å². The molecule has 9 heteroatoms. The second-order valence-electron chi connectivity index (χ2n) is 10.6. The van der Waals surface area contributed by atoms with Crippen LogP contribution in [-0.2, 0) is 22.5 Å². The number of fused-ring (bicyclic) bond motifs is 1. The Bertz CT molecular complexity index is 1260. The van der Waals surface area contributed by atoms with Gasteiger partial charge in [0.2, 0.25) is 5.91 Å². The molecule has 2 atom stereocenters. The molecule has 2 aliphatic heterocycles. The summed E-state index contributed by atoms with van der Waals surface area (Å²) < 4.78 is 7.17. The van der Waals surface area contributed by atoms with E-state index in [1.54, 1.807) is 12.3 Å². The van der Waals surface area contributed by atoms with Gasteiger partial charge >= 0.3 is 5.97 Å². The van der Waals surface area contributed by atoms with Crippen molar-refractivity contribution in [2.75, 3.05) is 31.1 Å². The predicted octanol–water partition coefficient (Wildman–Crippen LogP) is 3.32. The third-order valence-corrected chi connectivity index (χ3v) is 7.30. The average Bonchev–Trinajstić information content (AvgIpc) is 3.34. The topological polar surface area (TPSA) is 83.8 Å². The predicted molar refractivity (Wildman–Crippen MR) is 145 cm³/mol. The number of hydrogen-bond donors (Lipinski definition) is 0. The number of piperazine rings is 1. The molecule has 0 unspecified atom stereocenters. The Labute approximate surface area is 224 Å². The van der Waals surface area contributed by atoms with Crippen molar-refractivity contribution in [3.05, 3.63) is 71.7 Å². The van der Waals surface area contributed by atoms with Gasteiger partial charge in [-0.1, -0.05) is 18.2 Å². The molecule has 4 heterocycles. The summed E-state index contributed by atoms with van der Waals surface area (Å²) in [4.78, 5) is 36.5. The van der Waals surface area contributed by atoms with Crippen LogP contribution in [0, 0.1) is 0 Å². The van der Waals surface area contributed by atoms with Crippen LogP contribution < -0.4 is 4.90 Å². The first-order chi connectivity index (χ1) is 18.3. The van der Waals surface area contributed by atoms with E-state index in [0.29, 0.717) is 25.2 Å². The van der Waals surface area contributed by atoms with Crippen molar-refractivity contribution >= 4 is 17.7 Å². The molecule has 1 aromatic carbocycles. The zero-order chi connectivity index (χ0) is 26.8. The fourth-order valence-corrected chi connectivity index (χ4v) is 5.33. The Kier molecular flexibility index (Phi) is 7.46. The maximum absolute atomic E-state index is 13.4. The fraction of sp³-hybridized carbons (Fsp3) is 0.448. The summed E-state index contributed by atoms with van der Waals surface area (Å²) in [6.07, 6.45) is 4.23. The summed E-state index contributed by atoms with van der Waals surface area (Å²) in [5.41, 5.74) is 3.67. The SMILES string of the molecule is CC(C)OC(=O)c1ccc(N2C[C@@H](C)N(CC(=O)N3CCc4nn(-c5ccccc5)cc4C3)[C@@H](C)C2)nc1. The fourth-order valence-electron chi connectivity index (χ4n) is 5.33. The van der Waals surface area contributed by atoms with Crippen LogP contribution in [0.25, 0.3) is 5.69 Å². The van der Waals surface area contributed by atoms with Crippen molar-refractivity contribution in [1.82, 2.24) is 24.6 Å². The Morgan fingerprint density at radius 2 is 1.79 bits per heavy atom. The van der Waals surface area contributed by atoms with Gasteiger partial charge in [-0.05, 0) is 52.0 Å². The zero-order valence-electron chi connectivity index (χ0n) is 22.6. The molecule has 0 N–H and O–H groups in total. The second-order valence-corrected chi connectivity index (χ2v) is 10.6. The number of rotatable bonds is 6.